The van der Waals surface area contributed by atoms with Gasteiger partial charge >= 0.3 is 5.97 Å². The highest BCUT2D eigenvalue weighted by molar-refractivity contribution is 5.92. The molecule has 102 valence electrons. The molecule has 1 fully saturated rings. The van der Waals surface area contributed by atoms with Crippen molar-refractivity contribution in [2.24, 2.45) is 0 Å². The normalized spacial score (nSPS) is 19.0. The number of aromatic nitrogens is 1. The van der Waals surface area contributed by atoms with Crippen LogP contribution in [-0.4, -0.2) is 41.5 Å². The van der Waals surface area contributed by atoms with E-state index in [2.05, 4.69) is 4.98 Å². The van der Waals surface area contributed by atoms with Crippen molar-refractivity contribution < 1.29 is 14.3 Å². The van der Waals surface area contributed by atoms with Gasteiger partial charge < -0.3 is 9.64 Å². The molecule has 0 radical (unpaired) electrons. The van der Waals surface area contributed by atoms with E-state index < -0.39 is 0 Å². The van der Waals surface area contributed by atoms with E-state index in [9.17, 15) is 9.59 Å². The molecule has 0 spiro atoms. The van der Waals surface area contributed by atoms with Crippen molar-refractivity contribution in [1.29, 1.82) is 0 Å². The number of pyridine rings is 1. The molecule has 0 aliphatic carbocycles. The van der Waals surface area contributed by atoms with Crippen LogP contribution < -0.4 is 0 Å². The number of amides is 1. The Morgan fingerprint density at radius 2 is 2.26 bits per heavy atom. The number of hydrogen-bond donors (Lipinski definition) is 0. The van der Waals surface area contributed by atoms with Crippen LogP contribution in [0.25, 0.3) is 0 Å². The maximum Gasteiger partial charge on any atom is 0.307 e. The summed E-state index contributed by atoms with van der Waals surface area (Å²) in [7, 11) is 1.37. The fourth-order valence-electron chi connectivity index (χ4n) is 2.39. The molecule has 2 rings (SSSR count). The average molecular weight is 262 g/mol. The summed E-state index contributed by atoms with van der Waals surface area (Å²) < 4.78 is 4.69. The van der Waals surface area contributed by atoms with Crippen LogP contribution in [0.1, 0.15) is 36.2 Å². The van der Waals surface area contributed by atoms with Gasteiger partial charge in [-0.05, 0) is 31.4 Å². The van der Waals surface area contributed by atoms with E-state index in [1.165, 1.54) is 7.11 Å². The summed E-state index contributed by atoms with van der Waals surface area (Å²) in [6.45, 7) is 0.678. The lowest BCUT2D eigenvalue weighted by Gasteiger charge is -2.35. The van der Waals surface area contributed by atoms with Gasteiger partial charge in [0, 0.05) is 18.8 Å². The molecule has 1 aromatic heterocycles. The second kappa shape index (κ2) is 6.31. The van der Waals surface area contributed by atoms with Crippen LogP contribution in [0.15, 0.2) is 24.4 Å². The van der Waals surface area contributed by atoms with Gasteiger partial charge in [-0.15, -0.1) is 0 Å². The Labute approximate surface area is 112 Å². The third-order valence-corrected chi connectivity index (χ3v) is 3.40. The predicted molar refractivity (Wildman–Crippen MR) is 69.5 cm³/mol. The minimum Gasteiger partial charge on any atom is -0.469 e. The minimum absolute atomic E-state index is 0.0734. The van der Waals surface area contributed by atoms with Crippen LogP contribution in [0.5, 0.6) is 0 Å². The molecule has 0 bridgehead atoms. The molecule has 1 atom stereocenters. The van der Waals surface area contributed by atoms with Crippen molar-refractivity contribution in [3.8, 4) is 0 Å². The van der Waals surface area contributed by atoms with Gasteiger partial charge in [-0.25, -0.2) is 0 Å². The van der Waals surface area contributed by atoms with E-state index >= 15 is 0 Å². The Morgan fingerprint density at radius 1 is 1.42 bits per heavy atom. The smallest absolute Gasteiger partial charge is 0.307 e. The number of ether oxygens (including phenoxy) is 1. The van der Waals surface area contributed by atoms with E-state index in [1.807, 2.05) is 0 Å². The summed E-state index contributed by atoms with van der Waals surface area (Å²) >= 11 is 0. The molecule has 1 saturated heterocycles. The third kappa shape index (κ3) is 3.30. The lowest BCUT2D eigenvalue weighted by Crippen LogP contribution is -2.45. The number of esters is 1. The van der Waals surface area contributed by atoms with E-state index in [-0.39, 0.29) is 24.3 Å². The number of likely N-dealkylation sites (tertiary alicyclic amines) is 1. The number of nitrogens with zero attached hydrogens (tertiary/aromatic N) is 2. The summed E-state index contributed by atoms with van der Waals surface area (Å²) in [4.78, 5) is 29.6. The van der Waals surface area contributed by atoms with Gasteiger partial charge in [-0.1, -0.05) is 6.07 Å². The van der Waals surface area contributed by atoms with Crippen LogP contribution in [0.3, 0.4) is 0 Å². The van der Waals surface area contributed by atoms with Gasteiger partial charge in [-0.2, -0.15) is 0 Å². The van der Waals surface area contributed by atoms with E-state index in [0.29, 0.717) is 12.2 Å². The zero-order valence-electron chi connectivity index (χ0n) is 11.0. The van der Waals surface area contributed by atoms with Crippen LogP contribution in [0, 0.1) is 0 Å². The number of methoxy groups -OCH3 is 1. The summed E-state index contributed by atoms with van der Waals surface area (Å²) in [6.07, 6.45) is 4.71. The highest BCUT2D eigenvalue weighted by Crippen LogP contribution is 2.21. The van der Waals surface area contributed by atoms with Crippen molar-refractivity contribution in [3.63, 3.8) is 0 Å². The van der Waals surface area contributed by atoms with Gasteiger partial charge in [0.05, 0.1) is 13.5 Å². The maximum absolute atomic E-state index is 12.4. The Morgan fingerprint density at radius 3 is 2.95 bits per heavy atom. The van der Waals surface area contributed by atoms with Crippen LogP contribution >= 0.6 is 0 Å². The first-order valence-electron chi connectivity index (χ1n) is 6.51. The predicted octanol–water partition coefficient (Wildman–Crippen LogP) is 1.64. The van der Waals surface area contributed by atoms with Crippen molar-refractivity contribution in [2.45, 2.75) is 31.7 Å². The molecule has 1 amide bonds. The number of carbonyl (C=O) groups is 2. The monoisotopic (exact) mass is 262 g/mol. The molecule has 5 heteroatoms. The minimum atomic E-state index is -0.272. The zero-order chi connectivity index (χ0) is 13.7. The van der Waals surface area contributed by atoms with Crippen molar-refractivity contribution in [1.82, 2.24) is 9.88 Å². The Balaban J connectivity index is 2.11. The first-order chi connectivity index (χ1) is 9.22. The Hall–Kier alpha value is -1.91. The van der Waals surface area contributed by atoms with Crippen molar-refractivity contribution in [2.75, 3.05) is 13.7 Å². The third-order valence-electron chi connectivity index (χ3n) is 3.40. The Kier molecular flexibility index (Phi) is 4.49. The van der Waals surface area contributed by atoms with E-state index in [4.69, 9.17) is 4.74 Å². The van der Waals surface area contributed by atoms with Gasteiger partial charge in [0.15, 0.2) is 0 Å². The van der Waals surface area contributed by atoms with Crippen LogP contribution in [0.2, 0.25) is 0 Å². The average Bonchev–Trinajstić information content (AvgIpc) is 2.48. The summed E-state index contributed by atoms with van der Waals surface area (Å²) in [6, 6.07) is 5.19. The molecule has 1 aromatic rings. The highest BCUT2D eigenvalue weighted by atomic mass is 16.5. The number of hydrogen-bond acceptors (Lipinski definition) is 4. The fraction of sp³-hybridized carbons (Fsp3) is 0.500. The maximum atomic E-state index is 12.4. The highest BCUT2D eigenvalue weighted by Gasteiger charge is 2.29. The molecule has 1 aliphatic rings. The first-order valence-corrected chi connectivity index (χ1v) is 6.51. The first kappa shape index (κ1) is 13.5. The molecule has 0 aromatic carbocycles. The topological polar surface area (TPSA) is 59.5 Å². The second-order valence-corrected chi connectivity index (χ2v) is 4.64. The van der Waals surface area contributed by atoms with Crippen LogP contribution in [-0.2, 0) is 9.53 Å². The molecule has 2 heterocycles. The molecule has 0 N–H and O–H groups in total. The number of carbonyl (C=O) groups excluding carboxylic acids is 2. The fourth-order valence-corrected chi connectivity index (χ4v) is 2.39. The molecule has 0 saturated carbocycles. The molecule has 1 aliphatic heterocycles. The zero-order valence-corrected chi connectivity index (χ0v) is 11.0. The Bertz CT molecular complexity index is 447. The standard InChI is InChI=1S/C14H18N2O3/c1-19-13(17)10-11-6-3-5-9-16(11)14(18)12-7-2-4-8-15-12/h2,4,7-8,11H,3,5-6,9-10H2,1H3. The summed E-state index contributed by atoms with van der Waals surface area (Å²) in [5.41, 5.74) is 0.430. The van der Waals surface area contributed by atoms with Crippen LogP contribution in [0.4, 0.5) is 0 Å². The lowest BCUT2D eigenvalue weighted by molar-refractivity contribution is -0.142. The van der Waals surface area contributed by atoms with Gasteiger partial charge in [0.2, 0.25) is 0 Å². The molecule has 1 unspecified atom stereocenters. The van der Waals surface area contributed by atoms with Gasteiger partial charge in [0.1, 0.15) is 5.69 Å². The molecule has 19 heavy (non-hydrogen) atoms. The van der Waals surface area contributed by atoms with Crippen molar-refractivity contribution >= 4 is 11.9 Å². The molecule has 5 nitrogen and oxygen atoms in total. The number of rotatable bonds is 3. The molecular formula is C14H18N2O3. The summed E-state index contributed by atoms with van der Waals surface area (Å²) in [5.74, 6) is -0.375. The largest absolute Gasteiger partial charge is 0.469 e. The molecular weight excluding hydrogens is 244 g/mol. The second-order valence-electron chi connectivity index (χ2n) is 4.64. The quantitative estimate of drug-likeness (QED) is 0.777. The summed E-state index contributed by atoms with van der Waals surface area (Å²) in [5, 5.41) is 0. The van der Waals surface area contributed by atoms with E-state index in [1.54, 1.807) is 29.3 Å². The number of piperidine rings is 1. The SMILES string of the molecule is COC(=O)CC1CCCCN1C(=O)c1ccccn1. The lowest BCUT2D eigenvalue weighted by atomic mass is 9.99. The van der Waals surface area contributed by atoms with Gasteiger partial charge in [0.25, 0.3) is 5.91 Å². The van der Waals surface area contributed by atoms with E-state index in [0.717, 1.165) is 19.3 Å². The van der Waals surface area contributed by atoms with Crippen molar-refractivity contribution in [3.05, 3.63) is 30.1 Å². The van der Waals surface area contributed by atoms with Gasteiger partial charge in [-0.3, -0.25) is 14.6 Å².